The lowest BCUT2D eigenvalue weighted by atomic mass is 10.0. The van der Waals surface area contributed by atoms with Gasteiger partial charge in [0.05, 0.1) is 4.91 Å². The van der Waals surface area contributed by atoms with Crippen molar-refractivity contribution in [1.29, 1.82) is 0 Å². The maximum atomic E-state index is 11.7. The van der Waals surface area contributed by atoms with Gasteiger partial charge >= 0.3 is 0 Å². The van der Waals surface area contributed by atoms with Crippen LogP contribution in [0.25, 0.3) is 6.08 Å². The van der Waals surface area contributed by atoms with Gasteiger partial charge in [-0.3, -0.25) is 4.79 Å². The SMILES string of the molecule is CC(C)Cc1ccc(CNCc2ccc(/C=C3/SC(=S)NC3=O)cc2)cc1. The van der Waals surface area contributed by atoms with Crippen molar-refractivity contribution in [3.05, 3.63) is 75.7 Å². The second kappa shape index (κ2) is 9.31. The number of rotatable bonds is 7. The number of hydrogen-bond acceptors (Lipinski definition) is 4. The third-order valence-electron chi connectivity index (χ3n) is 4.24. The summed E-state index contributed by atoms with van der Waals surface area (Å²) in [5.74, 6) is 0.570. The van der Waals surface area contributed by atoms with Crippen molar-refractivity contribution < 1.29 is 4.79 Å². The summed E-state index contributed by atoms with van der Waals surface area (Å²) in [6.07, 6.45) is 3.00. The number of hydrogen-bond donors (Lipinski definition) is 2. The molecule has 0 atom stereocenters. The molecule has 0 unspecified atom stereocenters. The van der Waals surface area contributed by atoms with E-state index in [-0.39, 0.29) is 5.91 Å². The van der Waals surface area contributed by atoms with E-state index in [2.05, 4.69) is 60.9 Å². The Morgan fingerprint density at radius 2 is 1.56 bits per heavy atom. The van der Waals surface area contributed by atoms with E-state index in [1.54, 1.807) is 0 Å². The molecule has 0 aromatic heterocycles. The summed E-state index contributed by atoms with van der Waals surface area (Å²) in [6, 6.07) is 17.1. The molecular formula is C22H24N2OS2. The number of thioether (sulfide) groups is 1. The molecule has 1 amide bonds. The number of thiocarbonyl (C=S) groups is 1. The summed E-state index contributed by atoms with van der Waals surface area (Å²) >= 11 is 6.31. The molecule has 27 heavy (non-hydrogen) atoms. The van der Waals surface area contributed by atoms with Crippen LogP contribution in [0.3, 0.4) is 0 Å². The Bertz CT molecular complexity index is 840. The molecule has 1 fully saturated rings. The number of benzene rings is 2. The summed E-state index contributed by atoms with van der Waals surface area (Å²) in [7, 11) is 0. The van der Waals surface area contributed by atoms with Crippen LogP contribution in [-0.4, -0.2) is 10.2 Å². The first-order valence-corrected chi connectivity index (χ1v) is 10.3. The van der Waals surface area contributed by atoms with Gasteiger partial charge < -0.3 is 10.6 Å². The summed E-state index contributed by atoms with van der Waals surface area (Å²) in [4.78, 5) is 12.4. The highest BCUT2D eigenvalue weighted by Gasteiger charge is 2.21. The number of carbonyl (C=O) groups is 1. The largest absolute Gasteiger partial charge is 0.309 e. The fraction of sp³-hybridized carbons (Fsp3) is 0.273. The van der Waals surface area contributed by atoms with Crippen molar-refractivity contribution in [3.8, 4) is 0 Å². The Balaban J connectivity index is 1.50. The second-order valence-corrected chi connectivity index (χ2v) is 8.83. The van der Waals surface area contributed by atoms with Gasteiger partial charge in [-0.2, -0.15) is 0 Å². The quantitative estimate of drug-likeness (QED) is 0.527. The van der Waals surface area contributed by atoms with Gasteiger partial charge in [0.25, 0.3) is 5.91 Å². The van der Waals surface area contributed by atoms with Crippen LogP contribution >= 0.6 is 24.0 Å². The standard InChI is InChI=1S/C22H24N2OS2/c1-15(2)11-16-3-7-18(8-4-16)13-23-14-19-9-5-17(6-10-19)12-20-21(25)24-22(26)27-20/h3-10,12,15,23H,11,13-14H2,1-2H3,(H,24,25,26)/b20-12+. The lowest BCUT2D eigenvalue weighted by Gasteiger charge is -2.08. The minimum atomic E-state index is -0.116. The first kappa shape index (κ1) is 19.8. The average molecular weight is 397 g/mol. The van der Waals surface area contributed by atoms with Crippen molar-refractivity contribution >= 4 is 40.3 Å². The van der Waals surface area contributed by atoms with E-state index in [9.17, 15) is 4.79 Å². The van der Waals surface area contributed by atoms with Gasteiger partial charge in [-0.05, 0) is 40.7 Å². The topological polar surface area (TPSA) is 41.1 Å². The summed E-state index contributed by atoms with van der Waals surface area (Å²) < 4.78 is 0.518. The molecule has 0 radical (unpaired) electrons. The van der Waals surface area contributed by atoms with Crippen LogP contribution < -0.4 is 10.6 Å². The normalized spacial score (nSPS) is 15.6. The predicted octanol–water partition coefficient (Wildman–Crippen LogP) is 4.66. The van der Waals surface area contributed by atoms with Crippen LogP contribution in [0.1, 0.15) is 36.1 Å². The van der Waals surface area contributed by atoms with Crippen LogP contribution in [0.2, 0.25) is 0 Å². The van der Waals surface area contributed by atoms with Crippen molar-refractivity contribution in [2.45, 2.75) is 33.4 Å². The van der Waals surface area contributed by atoms with E-state index < -0.39 is 0 Å². The molecule has 1 aliphatic heterocycles. The molecular weight excluding hydrogens is 372 g/mol. The smallest absolute Gasteiger partial charge is 0.263 e. The van der Waals surface area contributed by atoms with Crippen LogP contribution in [0, 0.1) is 5.92 Å². The predicted molar refractivity (Wildman–Crippen MR) is 118 cm³/mol. The van der Waals surface area contributed by atoms with Crippen LogP contribution in [0.15, 0.2) is 53.4 Å². The molecule has 0 bridgehead atoms. The Kier molecular flexibility index (Phi) is 6.83. The summed E-state index contributed by atoms with van der Waals surface area (Å²) in [6.45, 7) is 6.15. The molecule has 1 aliphatic rings. The first-order chi connectivity index (χ1) is 13.0. The minimum Gasteiger partial charge on any atom is -0.309 e. The maximum Gasteiger partial charge on any atom is 0.263 e. The van der Waals surface area contributed by atoms with E-state index in [4.69, 9.17) is 12.2 Å². The molecule has 2 aromatic rings. The van der Waals surface area contributed by atoms with Gasteiger partial charge in [0.2, 0.25) is 0 Å². The highest BCUT2D eigenvalue weighted by atomic mass is 32.2. The fourth-order valence-electron chi connectivity index (χ4n) is 2.92. The Labute approximate surface area is 170 Å². The van der Waals surface area contributed by atoms with Gasteiger partial charge in [0, 0.05) is 13.1 Å². The Morgan fingerprint density at radius 1 is 1.00 bits per heavy atom. The van der Waals surface area contributed by atoms with Crippen LogP contribution in [-0.2, 0) is 24.3 Å². The monoisotopic (exact) mass is 396 g/mol. The van der Waals surface area contributed by atoms with E-state index in [1.807, 2.05) is 18.2 Å². The molecule has 0 spiro atoms. The summed E-state index contributed by atoms with van der Waals surface area (Å²) in [5.41, 5.74) is 4.91. The molecule has 1 heterocycles. The minimum absolute atomic E-state index is 0.116. The Morgan fingerprint density at radius 3 is 2.07 bits per heavy atom. The van der Waals surface area contributed by atoms with Gasteiger partial charge in [-0.1, -0.05) is 86.4 Å². The number of nitrogens with one attached hydrogen (secondary N) is 2. The molecule has 0 aliphatic carbocycles. The molecule has 2 N–H and O–H groups in total. The van der Waals surface area contributed by atoms with E-state index in [0.717, 1.165) is 25.1 Å². The Hall–Kier alpha value is -1.95. The maximum absolute atomic E-state index is 11.7. The van der Waals surface area contributed by atoms with Gasteiger partial charge in [-0.15, -0.1) is 0 Å². The second-order valence-electron chi connectivity index (χ2n) is 7.11. The van der Waals surface area contributed by atoms with Crippen molar-refractivity contribution in [3.63, 3.8) is 0 Å². The van der Waals surface area contributed by atoms with Gasteiger partial charge in [0.1, 0.15) is 4.32 Å². The highest BCUT2D eigenvalue weighted by Crippen LogP contribution is 2.25. The molecule has 1 saturated heterocycles. The number of carbonyl (C=O) groups excluding carboxylic acids is 1. The zero-order valence-electron chi connectivity index (χ0n) is 15.6. The fourth-order valence-corrected chi connectivity index (χ4v) is 3.96. The average Bonchev–Trinajstić information content (AvgIpc) is 2.94. The van der Waals surface area contributed by atoms with Crippen LogP contribution in [0.5, 0.6) is 0 Å². The summed E-state index contributed by atoms with van der Waals surface area (Å²) in [5, 5.41) is 6.11. The third kappa shape index (κ3) is 6.03. The van der Waals surface area contributed by atoms with E-state index in [1.165, 1.54) is 28.5 Å². The van der Waals surface area contributed by atoms with Crippen molar-refractivity contribution in [2.75, 3.05) is 0 Å². The van der Waals surface area contributed by atoms with Crippen molar-refractivity contribution in [1.82, 2.24) is 10.6 Å². The van der Waals surface area contributed by atoms with Crippen LogP contribution in [0.4, 0.5) is 0 Å². The highest BCUT2D eigenvalue weighted by molar-refractivity contribution is 8.26. The van der Waals surface area contributed by atoms with Gasteiger partial charge in [-0.25, -0.2) is 0 Å². The molecule has 140 valence electrons. The van der Waals surface area contributed by atoms with Crippen molar-refractivity contribution in [2.24, 2.45) is 5.92 Å². The third-order valence-corrected chi connectivity index (χ3v) is 5.41. The molecule has 0 saturated carbocycles. The van der Waals surface area contributed by atoms with E-state index >= 15 is 0 Å². The lowest BCUT2D eigenvalue weighted by molar-refractivity contribution is -0.115. The zero-order chi connectivity index (χ0) is 19.2. The number of amides is 1. The van der Waals surface area contributed by atoms with Gasteiger partial charge in [0.15, 0.2) is 0 Å². The molecule has 5 heteroatoms. The lowest BCUT2D eigenvalue weighted by Crippen LogP contribution is -2.17. The molecule has 3 rings (SSSR count). The molecule has 3 nitrogen and oxygen atoms in total. The molecule has 2 aromatic carbocycles. The zero-order valence-corrected chi connectivity index (χ0v) is 17.3. The first-order valence-electron chi connectivity index (χ1n) is 9.12. The van der Waals surface area contributed by atoms with E-state index in [0.29, 0.717) is 15.1 Å².